The van der Waals surface area contributed by atoms with Crippen LogP contribution in [-0.4, -0.2) is 4.98 Å². The van der Waals surface area contributed by atoms with Crippen molar-refractivity contribution in [1.82, 2.24) is 10.3 Å². The monoisotopic (exact) mass is 318 g/mol. The van der Waals surface area contributed by atoms with E-state index in [1.54, 1.807) is 6.20 Å². The van der Waals surface area contributed by atoms with Crippen LogP contribution < -0.4 is 10.1 Å². The van der Waals surface area contributed by atoms with Gasteiger partial charge in [0.15, 0.2) is 0 Å². The highest BCUT2D eigenvalue weighted by atomic mass is 16.5. The average molecular weight is 318 g/mol. The third kappa shape index (κ3) is 4.93. The number of hydrogen-bond donors (Lipinski definition) is 1. The number of hydrogen-bond acceptors (Lipinski definition) is 3. The van der Waals surface area contributed by atoms with Crippen LogP contribution in [0, 0.1) is 6.92 Å². The Morgan fingerprint density at radius 3 is 2.42 bits per heavy atom. The van der Waals surface area contributed by atoms with Crippen molar-refractivity contribution >= 4 is 0 Å². The van der Waals surface area contributed by atoms with E-state index in [4.69, 9.17) is 4.74 Å². The summed E-state index contributed by atoms with van der Waals surface area (Å²) in [5.41, 5.74) is 4.88. The third-order valence-electron chi connectivity index (χ3n) is 3.79. The molecule has 1 N–H and O–H groups in total. The Morgan fingerprint density at radius 2 is 1.67 bits per heavy atom. The highest BCUT2D eigenvalue weighted by molar-refractivity contribution is 5.28. The number of ether oxygens (including phenoxy) is 1. The van der Waals surface area contributed by atoms with Gasteiger partial charge >= 0.3 is 0 Å². The molecule has 0 unspecified atom stereocenters. The van der Waals surface area contributed by atoms with Gasteiger partial charge in [0.2, 0.25) is 0 Å². The van der Waals surface area contributed by atoms with Gasteiger partial charge in [-0.3, -0.25) is 4.98 Å². The molecule has 0 saturated heterocycles. The lowest BCUT2D eigenvalue weighted by Gasteiger charge is -2.09. The van der Waals surface area contributed by atoms with Crippen molar-refractivity contribution < 1.29 is 4.74 Å². The zero-order valence-electron chi connectivity index (χ0n) is 13.9. The van der Waals surface area contributed by atoms with Crippen LogP contribution in [0.3, 0.4) is 0 Å². The van der Waals surface area contributed by atoms with E-state index in [0.29, 0.717) is 6.61 Å². The van der Waals surface area contributed by atoms with Gasteiger partial charge in [0.05, 0.1) is 0 Å². The van der Waals surface area contributed by atoms with E-state index in [1.165, 1.54) is 22.3 Å². The molecule has 0 spiro atoms. The van der Waals surface area contributed by atoms with Gasteiger partial charge < -0.3 is 10.1 Å². The van der Waals surface area contributed by atoms with Crippen LogP contribution in [0.2, 0.25) is 0 Å². The van der Waals surface area contributed by atoms with Gasteiger partial charge in [-0.2, -0.15) is 0 Å². The molecule has 3 nitrogen and oxygen atoms in total. The lowest BCUT2D eigenvalue weighted by atomic mass is 10.1. The second kappa shape index (κ2) is 8.27. The molecule has 122 valence electrons. The van der Waals surface area contributed by atoms with Crippen molar-refractivity contribution in [3.05, 3.63) is 95.3 Å². The smallest absolute Gasteiger partial charge is 0.119 e. The van der Waals surface area contributed by atoms with Gasteiger partial charge in [-0.05, 0) is 41.8 Å². The minimum absolute atomic E-state index is 0.598. The van der Waals surface area contributed by atoms with E-state index in [0.717, 1.165) is 18.8 Å². The maximum atomic E-state index is 5.85. The topological polar surface area (TPSA) is 34.1 Å². The van der Waals surface area contributed by atoms with Gasteiger partial charge in [0.1, 0.15) is 12.4 Å². The van der Waals surface area contributed by atoms with Crippen LogP contribution in [0.5, 0.6) is 5.75 Å². The predicted octanol–water partition coefficient (Wildman–Crippen LogP) is 4.26. The van der Waals surface area contributed by atoms with E-state index in [-0.39, 0.29) is 0 Å². The number of nitrogens with zero attached hydrogens (tertiary/aromatic N) is 1. The summed E-state index contributed by atoms with van der Waals surface area (Å²) in [6, 6.07) is 20.7. The first-order valence-electron chi connectivity index (χ1n) is 8.16. The largest absolute Gasteiger partial charge is 0.489 e. The van der Waals surface area contributed by atoms with E-state index in [9.17, 15) is 0 Å². The fourth-order valence-corrected chi connectivity index (χ4v) is 2.53. The normalized spacial score (nSPS) is 10.5. The molecule has 0 saturated carbocycles. The zero-order valence-corrected chi connectivity index (χ0v) is 13.9. The fourth-order valence-electron chi connectivity index (χ4n) is 2.53. The fraction of sp³-hybridized carbons (Fsp3) is 0.190. The SMILES string of the molecule is Cc1cccc(COc2ccc(CNCc3cccnc3)cc2)c1. The number of nitrogens with one attached hydrogen (secondary N) is 1. The van der Waals surface area contributed by atoms with E-state index >= 15 is 0 Å². The Balaban J connectivity index is 1.46. The Labute approximate surface area is 143 Å². The van der Waals surface area contributed by atoms with E-state index < -0.39 is 0 Å². The summed E-state index contributed by atoms with van der Waals surface area (Å²) in [6.07, 6.45) is 3.67. The molecule has 0 radical (unpaired) electrons. The van der Waals surface area contributed by atoms with Crippen LogP contribution in [0.4, 0.5) is 0 Å². The quantitative estimate of drug-likeness (QED) is 0.707. The first-order chi connectivity index (χ1) is 11.8. The Hall–Kier alpha value is -2.65. The Morgan fingerprint density at radius 1 is 0.875 bits per heavy atom. The predicted molar refractivity (Wildman–Crippen MR) is 96.7 cm³/mol. The van der Waals surface area contributed by atoms with Gasteiger partial charge in [-0.25, -0.2) is 0 Å². The third-order valence-corrected chi connectivity index (χ3v) is 3.79. The molecule has 3 rings (SSSR count). The van der Waals surface area contributed by atoms with Crippen molar-refractivity contribution in [2.75, 3.05) is 0 Å². The number of benzene rings is 2. The first kappa shape index (κ1) is 16.2. The lowest BCUT2D eigenvalue weighted by Crippen LogP contribution is -2.12. The number of pyridine rings is 1. The maximum Gasteiger partial charge on any atom is 0.119 e. The molecule has 1 heterocycles. The van der Waals surface area contributed by atoms with E-state index in [1.807, 2.05) is 24.4 Å². The van der Waals surface area contributed by atoms with Crippen molar-refractivity contribution in [2.24, 2.45) is 0 Å². The molecule has 2 aromatic carbocycles. The maximum absolute atomic E-state index is 5.85. The van der Waals surface area contributed by atoms with Crippen molar-refractivity contribution in [2.45, 2.75) is 26.6 Å². The molecule has 3 aromatic rings. The van der Waals surface area contributed by atoms with E-state index in [2.05, 4.69) is 59.7 Å². The summed E-state index contributed by atoms with van der Waals surface area (Å²) < 4.78 is 5.85. The van der Waals surface area contributed by atoms with Crippen LogP contribution >= 0.6 is 0 Å². The summed E-state index contributed by atoms with van der Waals surface area (Å²) in [5, 5.41) is 3.42. The number of rotatable bonds is 7. The molecule has 0 bridgehead atoms. The molecule has 0 aliphatic rings. The molecule has 0 fully saturated rings. The Bertz CT molecular complexity index is 754. The second-order valence-corrected chi connectivity index (χ2v) is 5.89. The molecule has 0 atom stereocenters. The van der Waals surface area contributed by atoms with Crippen LogP contribution in [0.1, 0.15) is 22.3 Å². The molecule has 0 aliphatic carbocycles. The number of aromatic nitrogens is 1. The summed E-state index contributed by atoms with van der Waals surface area (Å²) in [7, 11) is 0. The molecule has 1 aromatic heterocycles. The van der Waals surface area contributed by atoms with Crippen LogP contribution in [0.15, 0.2) is 73.1 Å². The number of aryl methyl sites for hydroxylation is 1. The van der Waals surface area contributed by atoms with Crippen molar-refractivity contribution in [1.29, 1.82) is 0 Å². The average Bonchev–Trinajstić information content (AvgIpc) is 2.62. The van der Waals surface area contributed by atoms with Gasteiger partial charge in [0.25, 0.3) is 0 Å². The molecule has 0 aliphatic heterocycles. The summed E-state index contributed by atoms with van der Waals surface area (Å²) in [6.45, 7) is 4.34. The van der Waals surface area contributed by atoms with Crippen molar-refractivity contribution in [3.63, 3.8) is 0 Å². The van der Waals surface area contributed by atoms with Crippen LogP contribution in [0.25, 0.3) is 0 Å². The summed E-state index contributed by atoms with van der Waals surface area (Å²) in [4.78, 5) is 4.12. The molecule has 0 amide bonds. The Kier molecular flexibility index (Phi) is 5.59. The zero-order chi connectivity index (χ0) is 16.6. The molecule has 3 heteroatoms. The minimum atomic E-state index is 0.598. The standard InChI is InChI=1S/C21H22N2O/c1-17-4-2-5-19(12-17)16-24-21-9-7-18(8-10-21)13-23-15-20-6-3-11-22-14-20/h2-12,14,23H,13,15-16H2,1H3. The highest BCUT2D eigenvalue weighted by Gasteiger charge is 1.98. The molecule has 24 heavy (non-hydrogen) atoms. The van der Waals surface area contributed by atoms with Gasteiger partial charge in [-0.15, -0.1) is 0 Å². The van der Waals surface area contributed by atoms with Crippen LogP contribution in [-0.2, 0) is 19.7 Å². The lowest BCUT2D eigenvalue weighted by molar-refractivity contribution is 0.306. The summed E-state index contributed by atoms with van der Waals surface area (Å²) >= 11 is 0. The van der Waals surface area contributed by atoms with Gasteiger partial charge in [-0.1, -0.05) is 48.0 Å². The molecular formula is C21H22N2O. The summed E-state index contributed by atoms with van der Waals surface area (Å²) in [5.74, 6) is 0.896. The highest BCUT2D eigenvalue weighted by Crippen LogP contribution is 2.15. The minimum Gasteiger partial charge on any atom is -0.489 e. The van der Waals surface area contributed by atoms with Crippen molar-refractivity contribution in [3.8, 4) is 5.75 Å². The second-order valence-electron chi connectivity index (χ2n) is 5.89. The molecular weight excluding hydrogens is 296 g/mol. The first-order valence-corrected chi connectivity index (χ1v) is 8.16. The van der Waals surface area contributed by atoms with Gasteiger partial charge in [0, 0.05) is 25.5 Å².